The Morgan fingerprint density at radius 2 is 1.21 bits per heavy atom. The highest BCUT2D eigenvalue weighted by Gasteiger charge is 2.44. The predicted octanol–water partition coefficient (Wildman–Crippen LogP) is 5.68. The Bertz CT molecular complexity index is 603. The first-order valence-electron chi connectivity index (χ1n) is 11.0. The van der Waals surface area contributed by atoms with Gasteiger partial charge in [0.15, 0.2) is 0 Å². The molecule has 2 aromatic carbocycles. The van der Waals surface area contributed by atoms with Crippen molar-refractivity contribution in [1.82, 2.24) is 0 Å². The summed E-state index contributed by atoms with van der Waals surface area (Å²) < 4.78 is 13.6. The molecule has 2 rings (SSSR count). The maximum absolute atomic E-state index is 6.83. The van der Waals surface area contributed by atoms with E-state index in [9.17, 15) is 0 Å². The quantitative estimate of drug-likeness (QED) is 0.319. The molecule has 28 heavy (non-hydrogen) atoms. The molecule has 0 radical (unpaired) electrons. The Labute approximate surface area is 173 Å². The van der Waals surface area contributed by atoms with Crippen LogP contribution < -0.4 is 10.4 Å². The lowest BCUT2D eigenvalue weighted by Gasteiger charge is -2.35. The second-order valence-electron chi connectivity index (χ2n) is 8.03. The van der Waals surface area contributed by atoms with Gasteiger partial charge in [-0.2, -0.15) is 0 Å². The topological polar surface area (TPSA) is 18.5 Å². The second-order valence-corrected chi connectivity index (χ2v) is 10.9. The van der Waals surface area contributed by atoms with Crippen LogP contribution in [0.1, 0.15) is 66.2 Å². The summed E-state index contributed by atoms with van der Waals surface area (Å²) >= 11 is 0. The van der Waals surface area contributed by atoms with Gasteiger partial charge in [-0.25, -0.2) is 0 Å². The Kier molecular flexibility index (Phi) is 9.97. The third kappa shape index (κ3) is 6.58. The van der Waals surface area contributed by atoms with Gasteiger partial charge in [0.25, 0.3) is 0 Å². The first kappa shape index (κ1) is 22.9. The third-order valence-corrected chi connectivity index (χ3v) is 8.90. The minimum Gasteiger partial charge on any atom is -0.388 e. The van der Waals surface area contributed by atoms with Gasteiger partial charge in [0.05, 0.1) is 0 Å². The van der Waals surface area contributed by atoms with E-state index in [-0.39, 0.29) is 6.10 Å². The Morgan fingerprint density at radius 1 is 0.714 bits per heavy atom. The van der Waals surface area contributed by atoms with Crippen LogP contribution in [0.3, 0.4) is 0 Å². The highest BCUT2D eigenvalue weighted by Crippen LogP contribution is 2.18. The van der Waals surface area contributed by atoms with Crippen LogP contribution in [0.25, 0.3) is 0 Å². The van der Waals surface area contributed by atoms with Crippen LogP contribution in [0, 0.1) is 5.92 Å². The van der Waals surface area contributed by atoms with E-state index in [2.05, 4.69) is 88.4 Å². The lowest BCUT2D eigenvalue weighted by molar-refractivity contribution is 0.109. The van der Waals surface area contributed by atoms with Crippen molar-refractivity contribution in [3.05, 3.63) is 60.7 Å². The molecule has 0 aliphatic rings. The highest BCUT2D eigenvalue weighted by molar-refractivity contribution is 6.92. The van der Waals surface area contributed by atoms with E-state index >= 15 is 0 Å². The normalized spacial score (nSPS) is 13.0. The molecule has 0 fully saturated rings. The predicted molar refractivity (Wildman–Crippen MR) is 123 cm³/mol. The summed E-state index contributed by atoms with van der Waals surface area (Å²) in [6, 6.07) is 21.2. The number of hydrogen-bond acceptors (Lipinski definition) is 2. The summed E-state index contributed by atoms with van der Waals surface area (Å²) in [6.45, 7) is 9.62. The minimum absolute atomic E-state index is 0.136. The van der Waals surface area contributed by atoms with E-state index in [1.165, 1.54) is 42.5 Å². The maximum Gasteiger partial charge on any atom is 0.407 e. The minimum atomic E-state index is -2.75. The first-order valence-corrected chi connectivity index (χ1v) is 12.8. The van der Waals surface area contributed by atoms with Crippen molar-refractivity contribution in [3.63, 3.8) is 0 Å². The van der Waals surface area contributed by atoms with Crippen molar-refractivity contribution in [1.29, 1.82) is 0 Å². The van der Waals surface area contributed by atoms with Gasteiger partial charge in [-0.05, 0) is 29.6 Å². The summed E-state index contributed by atoms with van der Waals surface area (Å²) in [7, 11) is -2.75. The molecule has 3 heteroatoms. The fraction of sp³-hybridized carbons (Fsp3) is 0.520. The zero-order valence-electron chi connectivity index (χ0n) is 18.2. The molecule has 0 saturated heterocycles. The smallest absolute Gasteiger partial charge is 0.388 e. The average Bonchev–Trinajstić information content (AvgIpc) is 2.73. The molecule has 0 heterocycles. The second kappa shape index (κ2) is 12.2. The molecule has 2 nitrogen and oxygen atoms in total. The van der Waals surface area contributed by atoms with Crippen molar-refractivity contribution in [3.8, 4) is 0 Å². The van der Waals surface area contributed by atoms with Crippen LogP contribution in [0.15, 0.2) is 60.7 Å². The molecule has 2 aromatic rings. The molecule has 0 aromatic heterocycles. The summed E-state index contributed by atoms with van der Waals surface area (Å²) in [5, 5.41) is 2.39. The van der Waals surface area contributed by atoms with Gasteiger partial charge >= 0.3 is 8.56 Å². The highest BCUT2D eigenvalue weighted by atomic mass is 28.4. The zero-order valence-corrected chi connectivity index (χ0v) is 19.2. The molecule has 1 unspecified atom stereocenters. The van der Waals surface area contributed by atoms with E-state index in [1.54, 1.807) is 0 Å². The van der Waals surface area contributed by atoms with Gasteiger partial charge in [-0.15, -0.1) is 0 Å². The average molecular weight is 399 g/mol. The van der Waals surface area contributed by atoms with Crippen LogP contribution in [0.5, 0.6) is 0 Å². The zero-order chi connectivity index (χ0) is 20.2. The molecule has 1 atom stereocenters. The molecule has 0 spiro atoms. The Hall–Kier alpha value is -1.42. The van der Waals surface area contributed by atoms with E-state index < -0.39 is 8.56 Å². The third-order valence-electron chi connectivity index (χ3n) is 5.40. The summed E-state index contributed by atoms with van der Waals surface area (Å²) in [4.78, 5) is 0. The van der Waals surface area contributed by atoms with Crippen LogP contribution >= 0.6 is 0 Å². The lowest BCUT2D eigenvalue weighted by Crippen LogP contribution is -2.65. The number of rotatable bonds is 13. The van der Waals surface area contributed by atoms with E-state index in [0.29, 0.717) is 5.92 Å². The molecule has 0 N–H and O–H groups in total. The summed E-state index contributed by atoms with van der Waals surface area (Å²) in [5.74, 6) is 0.442. The molecule has 0 bridgehead atoms. The van der Waals surface area contributed by atoms with Crippen molar-refractivity contribution in [2.75, 3.05) is 6.61 Å². The van der Waals surface area contributed by atoms with Crippen molar-refractivity contribution in [2.24, 2.45) is 5.92 Å². The van der Waals surface area contributed by atoms with Gasteiger partial charge in [-0.3, -0.25) is 0 Å². The SMILES string of the molecule is CCCCCCCCO[Si](OC(C)C(C)C)(c1ccccc1)c1ccccc1. The van der Waals surface area contributed by atoms with Gasteiger partial charge in [-0.1, -0.05) is 114 Å². The Balaban J connectivity index is 2.24. The van der Waals surface area contributed by atoms with Gasteiger partial charge in [0.1, 0.15) is 0 Å². The Morgan fingerprint density at radius 3 is 1.71 bits per heavy atom. The van der Waals surface area contributed by atoms with Crippen LogP contribution in [0.2, 0.25) is 0 Å². The monoisotopic (exact) mass is 398 g/mol. The van der Waals surface area contributed by atoms with Crippen LogP contribution in [-0.2, 0) is 8.85 Å². The molecule has 0 aliphatic heterocycles. The summed E-state index contributed by atoms with van der Waals surface area (Å²) in [6.07, 6.45) is 7.71. The number of unbranched alkanes of at least 4 members (excludes halogenated alkanes) is 5. The van der Waals surface area contributed by atoms with Crippen LogP contribution in [-0.4, -0.2) is 21.3 Å². The van der Waals surface area contributed by atoms with Crippen molar-refractivity contribution >= 4 is 18.9 Å². The van der Waals surface area contributed by atoms with E-state index in [4.69, 9.17) is 8.85 Å². The molecule has 0 saturated carbocycles. The van der Waals surface area contributed by atoms with Gasteiger partial charge < -0.3 is 8.85 Å². The maximum atomic E-state index is 6.83. The fourth-order valence-corrected chi connectivity index (χ4v) is 6.81. The van der Waals surface area contributed by atoms with E-state index in [1.807, 2.05) is 0 Å². The first-order chi connectivity index (χ1) is 13.6. The van der Waals surface area contributed by atoms with Crippen molar-refractivity contribution < 1.29 is 8.85 Å². The van der Waals surface area contributed by atoms with Gasteiger partial charge in [0.2, 0.25) is 0 Å². The molecule has 0 aliphatic carbocycles. The van der Waals surface area contributed by atoms with E-state index in [0.717, 1.165) is 13.0 Å². The molecule has 0 amide bonds. The van der Waals surface area contributed by atoms with Crippen LogP contribution in [0.4, 0.5) is 0 Å². The fourth-order valence-electron chi connectivity index (χ4n) is 3.31. The number of benzene rings is 2. The lowest BCUT2D eigenvalue weighted by atomic mass is 10.1. The van der Waals surface area contributed by atoms with Gasteiger partial charge in [0, 0.05) is 12.7 Å². The van der Waals surface area contributed by atoms with Crippen molar-refractivity contribution in [2.45, 2.75) is 72.3 Å². The number of hydrogen-bond donors (Lipinski definition) is 0. The molecular weight excluding hydrogens is 360 g/mol. The molecular formula is C25H38O2Si. The summed E-state index contributed by atoms with van der Waals surface area (Å²) in [5.41, 5.74) is 0. The molecule has 154 valence electrons. The standard InChI is InChI=1S/C25H38O2Si/c1-5-6-7-8-9-16-21-26-28(27-23(4)22(2)3,24-17-12-10-13-18-24)25-19-14-11-15-20-25/h10-15,17-20,22-23H,5-9,16,21H2,1-4H3. The largest absolute Gasteiger partial charge is 0.407 e.